The number of ether oxygens (including phenoxy) is 1. The van der Waals surface area contributed by atoms with E-state index in [4.69, 9.17) is 9.15 Å². The lowest BCUT2D eigenvalue weighted by atomic mass is 10.2. The van der Waals surface area contributed by atoms with Crippen LogP contribution >= 0.6 is 0 Å². The van der Waals surface area contributed by atoms with E-state index in [0.717, 1.165) is 31.9 Å². The molecule has 1 aliphatic rings. The van der Waals surface area contributed by atoms with Crippen molar-refractivity contribution in [3.05, 3.63) is 17.9 Å². The Morgan fingerprint density at radius 3 is 2.94 bits per heavy atom. The number of furan rings is 1. The maximum atomic E-state index is 11.1. The third-order valence-electron chi connectivity index (χ3n) is 2.82. The Morgan fingerprint density at radius 1 is 1.56 bits per heavy atom. The second-order valence-corrected chi connectivity index (χ2v) is 4.21. The van der Waals surface area contributed by atoms with Crippen LogP contribution in [-0.2, 0) is 4.74 Å². The summed E-state index contributed by atoms with van der Waals surface area (Å²) in [6, 6.07) is 3.54. The summed E-state index contributed by atoms with van der Waals surface area (Å²) in [4.78, 5) is 13.1. The van der Waals surface area contributed by atoms with Crippen molar-refractivity contribution in [2.75, 3.05) is 25.1 Å². The summed E-state index contributed by atoms with van der Waals surface area (Å²) in [7, 11) is 1.95. The van der Waals surface area contributed by atoms with Gasteiger partial charge in [-0.25, -0.2) is 0 Å². The summed E-state index contributed by atoms with van der Waals surface area (Å²) in [6.07, 6.45) is 2.52. The molecular weight excluding hydrogens is 206 g/mol. The van der Waals surface area contributed by atoms with Gasteiger partial charge in [0.2, 0.25) is 0 Å². The molecule has 2 heterocycles. The van der Waals surface area contributed by atoms with E-state index in [-0.39, 0.29) is 11.9 Å². The number of Topliss-reactive ketones (excluding diaryl/α,β-unsaturated/α-hetero) is 1. The van der Waals surface area contributed by atoms with E-state index in [0.29, 0.717) is 5.76 Å². The molecule has 0 bridgehead atoms. The highest BCUT2D eigenvalue weighted by atomic mass is 16.5. The Kier molecular flexibility index (Phi) is 3.29. The van der Waals surface area contributed by atoms with Crippen LogP contribution in [-0.4, -0.2) is 32.1 Å². The third-order valence-corrected chi connectivity index (χ3v) is 2.82. The highest BCUT2D eigenvalue weighted by Gasteiger charge is 2.19. The van der Waals surface area contributed by atoms with Crippen LogP contribution in [0.4, 0.5) is 5.88 Å². The average Bonchev–Trinajstić information content (AvgIpc) is 2.86. The van der Waals surface area contributed by atoms with Crippen molar-refractivity contribution in [3.63, 3.8) is 0 Å². The molecule has 1 aromatic heterocycles. The Labute approximate surface area is 95.2 Å². The van der Waals surface area contributed by atoms with Gasteiger partial charge < -0.3 is 14.1 Å². The van der Waals surface area contributed by atoms with Crippen LogP contribution in [0.1, 0.15) is 30.3 Å². The highest BCUT2D eigenvalue weighted by molar-refractivity contribution is 5.91. The molecule has 88 valence electrons. The maximum absolute atomic E-state index is 11.1. The van der Waals surface area contributed by atoms with E-state index in [1.54, 1.807) is 6.07 Å². The van der Waals surface area contributed by atoms with Crippen LogP contribution < -0.4 is 4.90 Å². The molecule has 16 heavy (non-hydrogen) atoms. The van der Waals surface area contributed by atoms with E-state index in [1.165, 1.54) is 6.92 Å². The van der Waals surface area contributed by atoms with Gasteiger partial charge in [-0.3, -0.25) is 4.79 Å². The first-order chi connectivity index (χ1) is 7.66. The van der Waals surface area contributed by atoms with Crippen molar-refractivity contribution in [2.24, 2.45) is 0 Å². The minimum absolute atomic E-state index is 0.0447. The van der Waals surface area contributed by atoms with Crippen molar-refractivity contribution in [3.8, 4) is 0 Å². The normalized spacial score (nSPS) is 20.0. The lowest BCUT2D eigenvalue weighted by Crippen LogP contribution is -2.28. The summed E-state index contributed by atoms with van der Waals surface area (Å²) in [5, 5.41) is 0. The number of likely N-dealkylation sites (N-methyl/N-ethyl adjacent to an activating group) is 1. The van der Waals surface area contributed by atoms with Crippen LogP contribution in [0.3, 0.4) is 0 Å². The molecule has 0 amide bonds. The zero-order chi connectivity index (χ0) is 11.5. The predicted molar refractivity (Wildman–Crippen MR) is 61.0 cm³/mol. The van der Waals surface area contributed by atoms with E-state index in [1.807, 2.05) is 18.0 Å². The predicted octanol–water partition coefficient (Wildman–Crippen LogP) is 2.10. The maximum Gasteiger partial charge on any atom is 0.196 e. The fourth-order valence-electron chi connectivity index (χ4n) is 1.91. The summed E-state index contributed by atoms with van der Waals surface area (Å²) in [6.45, 7) is 3.17. The van der Waals surface area contributed by atoms with Gasteiger partial charge in [0, 0.05) is 33.2 Å². The zero-order valence-electron chi connectivity index (χ0n) is 9.73. The van der Waals surface area contributed by atoms with E-state index in [9.17, 15) is 4.79 Å². The molecule has 1 aliphatic heterocycles. The van der Waals surface area contributed by atoms with Gasteiger partial charge >= 0.3 is 0 Å². The van der Waals surface area contributed by atoms with Gasteiger partial charge in [0.05, 0.1) is 6.10 Å². The molecule has 1 saturated heterocycles. The number of hydrogen-bond acceptors (Lipinski definition) is 4. The Hall–Kier alpha value is -1.29. The molecule has 0 N–H and O–H groups in total. The molecule has 1 fully saturated rings. The number of anilines is 1. The topological polar surface area (TPSA) is 42.7 Å². The largest absolute Gasteiger partial charge is 0.437 e. The van der Waals surface area contributed by atoms with Gasteiger partial charge in [0.1, 0.15) is 0 Å². The van der Waals surface area contributed by atoms with Crippen molar-refractivity contribution in [1.82, 2.24) is 0 Å². The number of ketones is 1. The summed E-state index contributed by atoms with van der Waals surface area (Å²) >= 11 is 0. The number of carbonyl (C=O) groups excluding carboxylic acids is 1. The molecule has 0 spiro atoms. The van der Waals surface area contributed by atoms with Gasteiger partial charge in [-0.1, -0.05) is 0 Å². The summed E-state index contributed by atoms with van der Waals surface area (Å²) in [5.41, 5.74) is 0. The minimum Gasteiger partial charge on any atom is -0.437 e. The number of rotatable bonds is 4. The third kappa shape index (κ3) is 2.44. The van der Waals surface area contributed by atoms with Gasteiger partial charge in [0.15, 0.2) is 17.4 Å². The smallest absolute Gasteiger partial charge is 0.196 e. The van der Waals surface area contributed by atoms with Crippen LogP contribution in [0, 0.1) is 0 Å². The molecular formula is C12H17NO3. The summed E-state index contributed by atoms with van der Waals surface area (Å²) in [5.74, 6) is 1.09. The van der Waals surface area contributed by atoms with E-state index < -0.39 is 0 Å². The first-order valence-electron chi connectivity index (χ1n) is 5.60. The number of hydrogen-bond donors (Lipinski definition) is 0. The minimum atomic E-state index is -0.0447. The van der Waals surface area contributed by atoms with Gasteiger partial charge in [0.25, 0.3) is 0 Å². The quantitative estimate of drug-likeness (QED) is 0.733. The number of nitrogens with zero attached hydrogens (tertiary/aromatic N) is 1. The SMILES string of the molecule is CC(=O)c1ccc(N(C)CC2CCCO2)o1. The van der Waals surface area contributed by atoms with Gasteiger partial charge in [-0.05, 0) is 18.9 Å². The zero-order valence-corrected chi connectivity index (χ0v) is 9.73. The molecule has 2 rings (SSSR count). The molecule has 1 aromatic rings. The van der Waals surface area contributed by atoms with E-state index >= 15 is 0 Å². The molecule has 4 heteroatoms. The fourth-order valence-corrected chi connectivity index (χ4v) is 1.91. The number of carbonyl (C=O) groups is 1. The first kappa shape index (κ1) is 11.2. The summed E-state index contributed by atoms with van der Waals surface area (Å²) < 4.78 is 11.0. The van der Waals surface area contributed by atoms with Gasteiger partial charge in [-0.15, -0.1) is 0 Å². The Balaban J connectivity index is 1.96. The standard InChI is InChI=1S/C12H17NO3/c1-9(14)11-5-6-12(16-11)13(2)8-10-4-3-7-15-10/h5-6,10H,3-4,7-8H2,1-2H3. The average molecular weight is 223 g/mol. The molecule has 1 atom stereocenters. The molecule has 1 unspecified atom stereocenters. The molecule has 0 aromatic carbocycles. The van der Waals surface area contributed by atoms with Crippen LogP contribution in [0.5, 0.6) is 0 Å². The molecule has 0 saturated carbocycles. The van der Waals surface area contributed by atoms with Crippen molar-refractivity contribution < 1.29 is 13.9 Å². The van der Waals surface area contributed by atoms with Crippen LogP contribution in [0.15, 0.2) is 16.5 Å². The second kappa shape index (κ2) is 4.70. The lowest BCUT2D eigenvalue weighted by molar-refractivity contribution is 0.0987. The first-order valence-corrected chi connectivity index (χ1v) is 5.60. The monoisotopic (exact) mass is 223 g/mol. The van der Waals surface area contributed by atoms with Crippen LogP contribution in [0.2, 0.25) is 0 Å². The molecule has 0 aliphatic carbocycles. The second-order valence-electron chi connectivity index (χ2n) is 4.21. The van der Waals surface area contributed by atoms with Gasteiger partial charge in [-0.2, -0.15) is 0 Å². The van der Waals surface area contributed by atoms with Crippen molar-refractivity contribution in [2.45, 2.75) is 25.9 Å². The van der Waals surface area contributed by atoms with E-state index in [2.05, 4.69) is 0 Å². The fraction of sp³-hybridized carbons (Fsp3) is 0.583. The van der Waals surface area contributed by atoms with Crippen molar-refractivity contribution >= 4 is 11.7 Å². The lowest BCUT2D eigenvalue weighted by Gasteiger charge is -2.19. The molecule has 0 radical (unpaired) electrons. The highest BCUT2D eigenvalue weighted by Crippen LogP contribution is 2.20. The van der Waals surface area contributed by atoms with Crippen LogP contribution in [0.25, 0.3) is 0 Å². The Morgan fingerprint density at radius 2 is 2.38 bits per heavy atom. The molecule has 4 nitrogen and oxygen atoms in total. The Bertz CT molecular complexity index is 366. The van der Waals surface area contributed by atoms with Crippen molar-refractivity contribution in [1.29, 1.82) is 0 Å².